The van der Waals surface area contributed by atoms with Gasteiger partial charge >= 0.3 is 0 Å². The van der Waals surface area contributed by atoms with Crippen LogP contribution in [-0.4, -0.2) is 33.9 Å². The van der Waals surface area contributed by atoms with Crippen LogP contribution in [-0.2, 0) is 0 Å². The van der Waals surface area contributed by atoms with Crippen molar-refractivity contribution < 1.29 is 0 Å². The predicted molar refractivity (Wildman–Crippen MR) is 74.3 cm³/mol. The van der Waals surface area contributed by atoms with E-state index in [4.69, 9.17) is 16.6 Å². The lowest BCUT2D eigenvalue weighted by molar-refractivity contribution is 0.221. The third-order valence-electron chi connectivity index (χ3n) is 3.89. The van der Waals surface area contributed by atoms with Gasteiger partial charge in [-0.1, -0.05) is 18.5 Å². The number of aromatic nitrogens is 2. The smallest absolute Gasteiger partial charge is 0.137 e. The molecule has 0 radical (unpaired) electrons. The molecule has 18 heavy (non-hydrogen) atoms. The molecule has 3 heterocycles. The van der Waals surface area contributed by atoms with E-state index in [1.54, 1.807) is 0 Å². The predicted octanol–water partition coefficient (Wildman–Crippen LogP) is 3.19. The molecule has 96 valence electrons. The number of halogens is 1. The fourth-order valence-corrected chi connectivity index (χ4v) is 2.89. The quantitative estimate of drug-likeness (QED) is 0.830. The zero-order chi connectivity index (χ0) is 12.5. The van der Waals surface area contributed by atoms with Crippen molar-refractivity contribution in [2.45, 2.75) is 25.7 Å². The second-order valence-electron chi connectivity index (χ2n) is 4.99. The van der Waals surface area contributed by atoms with E-state index in [9.17, 15) is 0 Å². The van der Waals surface area contributed by atoms with Crippen LogP contribution in [0, 0.1) is 0 Å². The molecule has 4 heteroatoms. The van der Waals surface area contributed by atoms with E-state index in [1.807, 2.05) is 22.7 Å². The van der Waals surface area contributed by atoms with Crippen LogP contribution in [0.1, 0.15) is 31.4 Å². The van der Waals surface area contributed by atoms with Crippen molar-refractivity contribution in [3.63, 3.8) is 0 Å². The Bertz CT molecular complexity index is 541. The Morgan fingerprint density at radius 3 is 2.78 bits per heavy atom. The molecule has 0 N–H and O–H groups in total. The van der Waals surface area contributed by atoms with Crippen LogP contribution in [0.2, 0.25) is 5.02 Å². The molecule has 0 bridgehead atoms. The molecule has 3 rings (SSSR count). The molecule has 3 nitrogen and oxygen atoms in total. The molecule has 0 aliphatic carbocycles. The maximum atomic E-state index is 6.00. The fraction of sp³-hybridized carbons (Fsp3) is 0.500. The highest BCUT2D eigenvalue weighted by Gasteiger charge is 2.21. The van der Waals surface area contributed by atoms with Gasteiger partial charge in [0.1, 0.15) is 5.65 Å². The van der Waals surface area contributed by atoms with Crippen molar-refractivity contribution >= 4 is 17.2 Å². The number of fused-ring (bicyclic) bond motifs is 1. The summed E-state index contributed by atoms with van der Waals surface area (Å²) in [4.78, 5) is 7.22. The molecule has 1 aliphatic rings. The lowest BCUT2D eigenvalue weighted by Gasteiger charge is -2.30. The molecule has 0 aromatic carbocycles. The summed E-state index contributed by atoms with van der Waals surface area (Å²) in [7, 11) is 0. The first-order chi connectivity index (χ1) is 8.76. The lowest BCUT2D eigenvalue weighted by Crippen LogP contribution is -2.32. The minimum Gasteiger partial charge on any atom is -0.305 e. The van der Waals surface area contributed by atoms with Crippen LogP contribution in [0.25, 0.3) is 5.65 Å². The standard InChI is InChI=1S/C14H18ClN3/c1-2-17-7-5-11(6-8-17)13-10-18-9-12(15)3-4-14(18)16-13/h3-4,9-11H,2,5-8H2,1H3. The number of imidazole rings is 1. The van der Waals surface area contributed by atoms with Crippen molar-refractivity contribution in [1.82, 2.24) is 14.3 Å². The molecule has 2 aromatic heterocycles. The largest absolute Gasteiger partial charge is 0.305 e. The summed E-state index contributed by atoms with van der Waals surface area (Å²) in [6.45, 7) is 5.77. The summed E-state index contributed by atoms with van der Waals surface area (Å²) in [6, 6.07) is 3.88. The van der Waals surface area contributed by atoms with Crippen LogP contribution < -0.4 is 0 Å². The third kappa shape index (κ3) is 2.25. The highest BCUT2D eigenvalue weighted by molar-refractivity contribution is 6.30. The molecule has 2 aromatic rings. The second-order valence-corrected chi connectivity index (χ2v) is 5.42. The molecule has 1 aliphatic heterocycles. The zero-order valence-corrected chi connectivity index (χ0v) is 11.4. The zero-order valence-electron chi connectivity index (χ0n) is 10.6. The van der Waals surface area contributed by atoms with Crippen molar-refractivity contribution in [1.29, 1.82) is 0 Å². The summed E-state index contributed by atoms with van der Waals surface area (Å²) in [5.41, 5.74) is 2.21. The average Bonchev–Trinajstić information content (AvgIpc) is 2.81. The SMILES string of the molecule is CCN1CCC(c2cn3cc(Cl)ccc3n2)CC1. The van der Waals surface area contributed by atoms with Gasteiger partial charge in [-0.05, 0) is 44.6 Å². The number of rotatable bonds is 2. The van der Waals surface area contributed by atoms with E-state index in [0.29, 0.717) is 5.92 Å². The van der Waals surface area contributed by atoms with Gasteiger partial charge in [-0.3, -0.25) is 0 Å². The maximum absolute atomic E-state index is 6.00. The van der Waals surface area contributed by atoms with Crippen molar-refractivity contribution in [2.75, 3.05) is 19.6 Å². The molecular weight excluding hydrogens is 246 g/mol. The summed E-state index contributed by atoms with van der Waals surface area (Å²) in [5, 5.41) is 0.757. The Balaban J connectivity index is 1.82. The van der Waals surface area contributed by atoms with Gasteiger partial charge in [0, 0.05) is 18.3 Å². The number of likely N-dealkylation sites (tertiary alicyclic amines) is 1. The first-order valence-electron chi connectivity index (χ1n) is 6.63. The minimum atomic E-state index is 0.603. The van der Waals surface area contributed by atoms with Gasteiger partial charge in [-0.2, -0.15) is 0 Å². The summed E-state index contributed by atoms with van der Waals surface area (Å²) >= 11 is 6.00. The fourth-order valence-electron chi connectivity index (χ4n) is 2.73. The number of piperidine rings is 1. The van der Waals surface area contributed by atoms with E-state index < -0.39 is 0 Å². The Hall–Kier alpha value is -1.06. The average molecular weight is 264 g/mol. The van der Waals surface area contributed by atoms with Crippen LogP contribution in [0.4, 0.5) is 0 Å². The Morgan fingerprint density at radius 1 is 1.28 bits per heavy atom. The number of hydrogen-bond donors (Lipinski definition) is 0. The van der Waals surface area contributed by atoms with E-state index in [0.717, 1.165) is 17.2 Å². The second kappa shape index (κ2) is 4.90. The molecular formula is C14H18ClN3. The summed E-state index contributed by atoms with van der Waals surface area (Å²) < 4.78 is 2.03. The van der Waals surface area contributed by atoms with Gasteiger partial charge < -0.3 is 9.30 Å². The van der Waals surface area contributed by atoms with E-state index >= 15 is 0 Å². The van der Waals surface area contributed by atoms with E-state index in [1.165, 1.54) is 31.6 Å². The normalized spacial score (nSPS) is 18.6. The van der Waals surface area contributed by atoms with Gasteiger partial charge in [0.25, 0.3) is 0 Å². The monoisotopic (exact) mass is 263 g/mol. The van der Waals surface area contributed by atoms with Crippen molar-refractivity contribution in [2.24, 2.45) is 0 Å². The molecule has 1 saturated heterocycles. The lowest BCUT2D eigenvalue weighted by atomic mass is 9.94. The minimum absolute atomic E-state index is 0.603. The number of pyridine rings is 1. The Morgan fingerprint density at radius 2 is 2.06 bits per heavy atom. The molecule has 0 amide bonds. The first kappa shape index (κ1) is 12.0. The van der Waals surface area contributed by atoms with E-state index in [2.05, 4.69) is 18.0 Å². The third-order valence-corrected chi connectivity index (χ3v) is 4.11. The number of nitrogens with zero attached hydrogens (tertiary/aromatic N) is 3. The summed E-state index contributed by atoms with van der Waals surface area (Å²) in [5.74, 6) is 0.603. The highest BCUT2D eigenvalue weighted by atomic mass is 35.5. The van der Waals surface area contributed by atoms with Crippen LogP contribution >= 0.6 is 11.6 Å². The maximum Gasteiger partial charge on any atom is 0.137 e. The van der Waals surface area contributed by atoms with Crippen LogP contribution in [0.15, 0.2) is 24.5 Å². The molecule has 0 saturated carbocycles. The molecule has 0 spiro atoms. The van der Waals surface area contributed by atoms with Gasteiger partial charge in [0.05, 0.1) is 10.7 Å². The first-order valence-corrected chi connectivity index (χ1v) is 7.00. The highest BCUT2D eigenvalue weighted by Crippen LogP contribution is 2.27. The summed E-state index contributed by atoms with van der Waals surface area (Å²) in [6.07, 6.45) is 6.49. The van der Waals surface area contributed by atoms with Crippen LogP contribution in [0.3, 0.4) is 0 Å². The van der Waals surface area contributed by atoms with Crippen molar-refractivity contribution in [3.05, 3.63) is 35.2 Å². The van der Waals surface area contributed by atoms with Crippen molar-refractivity contribution in [3.8, 4) is 0 Å². The molecule has 1 fully saturated rings. The topological polar surface area (TPSA) is 20.5 Å². The molecule has 0 unspecified atom stereocenters. The number of hydrogen-bond acceptors (Lipinski definition) is 2. The van der Waals surface area contributed by atoms with Gasteiger partial charge in [0.15, 0.2) is 0 Å². The van der Waals surface area contributed by atoms with Crippen LogP contribution in [0.5, 0.6) is 0 Å². The van der Waals surface area contributed by atoms with Gasteiger partial charge in [-0.15, -0.1) is 0 Å². The Labute approximate surface area is 112 Å². The molecule has 0 atom stereocenters. The van der Waals surface area contributed by atoms with Gasteiger partial charge in [-0.25, -0.2) is 4.98 Å². The van der Waals surface area contributed by atoms with Gasteiger partial charge in [0.2, 0.25) is 0 Å². The Kier molecular flexibility index (Phi) is 3.27. The van der Waals surface area contributed by atoms with E-state index in [-0.39, 0.29) is 0 Å².